The zero-order valence-electron chi connectivity index (χ0n) is 8.09. The van der Waals surface area contributed by atoms with Crippen LogP contribution in [0.3, 0.4) is 0 Å². The number of rotatable bonds is 4. The normalized spacial score (nSPS) is 10.2. The number of hydrogen-bond donors (Lipinski definition) is 1. The van der Waals surface area contributed by atoms with E-state index in [-0.39, 0.29) is 11.7 Å². The number of thiol groups is 1. The average molecular weight is 229 g/mol. The van der Waals surface area contributed by atoms with Gasteiger partial charge in [0.1, 0.15) is 0 Å². The van der Waals surface area contributed by atoms with E-state index in [2.05, 4.69) is 19.6 Å². The molecule has 0 heterocycles. The highest BCUT2D eigenvalue weighted by Crippen LogP contribution is 2.20. The molecule has 76 valence electrons. The lowest BCUT2D eigenvalue weighted by Crippen LogP contribution is -2.05. The van der Waals surface area contributed by atoms with E-state index in [1.54, 1.807) is 0 Å². The van der Waals surface area contributed by atoms with Crippen LogP contribution < -0.4 is 0 Å². The highest BCUT2D eigenvalue weighted by atomic mass is 35.5. The molecule has 1 aromatic carbocycles. The number of hydrogen-bond acceptors (Lipinski definition) is 2. The van der Waals surface area contributed by atoms with Crippen LogP contribution in [0.15, 0.2) is 23.1 Å². The molecule has 1 rings (SSSR count). The summed E-state index contributed by atoms with van der Waals surface area (Å²) in [5.41, 5.74) is 2.14. The largest absolute Gasteiger partial charge is 0.298 e. The van der Waals surface area contributed by atoms with Crippen LogP contribution in [0, 0.1) is 0 Å². The van der Waals surface area contributed by atoms with Crippen molar-refractivity contribution < 1.29 is 4.79 Å². The summed E-state index contributed by atoms with van der Waals surface area (Å²) in [6, 6.07) is 5.90. The first kappa shape index (κ1) is 11.6. The Bertz CT molecular complexity index is 336. The van der Waals surface area contributed by atoms with Crippen molar-refractivity contribution in [2.75, 3.05) is 5.88 Å². The second kappa shape index (κ2) is 5.42. The minimum absolute atomic E-state index is 0.0372. The fraction of sp³-hybridized carbons (Fsp3) is 0.364. The molecule has 0 fully saturated rings. The molecule has 0 saturated carbocycles. The lowest BCUT2D eigenvalue weighted by atomic mass is 10.0. The number of aryl methyl sites for hydroxylation is 1. The Balaban J connectivity index is 2.92. The smallest absolute Gasteiger partial charge is 0.151 e. The molecular formula is C11H13ClOS. The van der Waals surface area contributed by atoms with Gasteiger partial charge in [-0.2, -0.15) is 0 Å². The topological polar surface area (TPSA) is 17.1 Å². The second-order valence-corrected chi connectivity index (χ2v) is 3.84. The Morgan fingerprint density at radius 3 is 2.64 bits per heavy atom. The van der Waals surface area contributed by atoms with E-state index in [1.165, 1.54) is 5.56 Å². The molecule has 1 aromatic rings. The molecular weight excluding hydrogens is 216 g/mol. The van der Waals surface area contributed by atoms with Gasteiger partial charge in [0.25, 0.3) is 0 Å². The van der Waals surface area contributed by atoms with Crippen LogP contribution in [-0.4, -0.2) is 11.7 Å². The first-order valence-electron chi connectivity index (χ1n) is 4.56. The third-order valence-corrected chi connectivity index (χ3v) is 2.99. The zero-order valence-corrected chi connectivity index (χ0v) is 9.74. The summed E-state index contributed by atoms with van der Waals surface area (Å²) in [6.07, 6.45) is 1.32. The predicted molar refractivity (Wildman–Crippen MR) is 62.5 cm³/mol. The van der Waals surface area contributed by atoms with Gasteiger partial charge in [-0.25, -0.2) is 0 Å². The molecule has 0 amide bonds. The maximum absolute atomic E-state index is 11.2. The highest BCUT2D eigenvalue weighted by molar-refractivity contribution is 7.80. The summed E-state index contributed by atoms with van der Waals surface area (Å²) in [6.45, 7) is 2.07. The van der Waals surface area contributed by atoms with Crippen LogP contribution in [0.5, 0.6) is 0 Å². The van der Waals surface area contributed by atoms with Gasteiger partial charge >= 0.3 is 0 Å². The van der Waals surface area contributed by atoms with Crippen molar-refractivity contribution in [2.45, 2.75) is 24.7 Å². The van der Waals surface area contributed by atoms with Crippen LogP contribution in [0.2, 0.25) is 0 Å². The lowest BCUT2D eigenvalue weighted by Gasteiger charge is -2.07. The summed E-state index contributed by atoms with van der Waals surface area (Å²) in [5, 5.41) is 0. The van der Waals surface area contributed by atoms with Crippen LogP contribution in [-0.2, 0) is 17.6 Å². The van der Waals surface area contributed by atoms with Gasteiger partial charge < -0.3 is 0 Å². The van der Waals surface area contributed by atoms with E-state index in [0.717, 1.165) is 16.9 Å². The molecule has 3 heteroatoms. The third-order valence-electron chi connectivity index (χ3n) is 2.12. The van der Waals surface area contributed by atoms with Crippen LogP contribution in [0.4, 0.5) is 0 Å². The van der Waals surface area contributed by atoms with E-state index in [4.69, 9.17) is 11.6 Å². The first-order chi connectivity index (χ1) is 6.69. The van der Waals surface area contributed by atoms with Crippen molar-refractivity contribution in [1.82, 2.24) is 0 Å². The molecule has 0 saturated heterocycles. The number of alkyl halides is 1. The van der Waals surface area contributed by atoms with Gasteiger partial charge in [-0.1, -0.05) is 25.1 Å². The van der Waals surface area contributed by atoms with E-state index in [1.807, 2.05) is 18.2 Å². The Kier molecular flexibility index (Phi) is 4.49. The lowest BCUT2D eigenvalue weighted by molar-refractivity contribution is -0.116. The van der Waals surface area contributed by atoms with Crippen LogP contribution >= 0.6 is 24.2 Å². The van der Waals surface area contributed by atoms with Gasteiger partial charge in [-0.3, -0.25) is 4.79 Å². The molecule has 0 aromatic heterocycles. The van der Waals surface area contributed by atoms with Gasteiger partial charge in [-0.15, -0.1) is 24.2 Å². The molecule has 1 nitrogen and oxygen atoms in total. The standard InChI is InChI=1S/C11H13ClOS/c1-2-8-4-3-5-9(11(8)14)6-10(13)7-12/h3-5,14H,2,6-7H2,1H3. The Hall–Kier alpha value is -0.470. The van der Waals surface area contributed by atoms with Crippen molar-refractivity contribution in [1.29, 1.82) is 0 Å². The van der Waals surface area contributed by atoms with Gasteiger partial charge in [0.2, 0.25) is 0 Å². The van der Waals surface area contributed by atoms with E-state index < -0.39 is 0 Å². The average Bonchev–Trinajstić information content (AvgIpc) is 2.21. The highest BCUT2D eigenvalue weighted by Gasteiger charge is 2.07. The monoisotopic (exact) mass is 228 g/mol. The zero-order chi connectivity index (χ0) is 10.6. The number of Topliss-reactive ketones (excluding diaryl/α,β-unsaturated/α-hetero) is 1. The number of halogens is 1. The summed E-state index contributed by atoms with van der Waals surface area (Å²) in [4.78, 5) is 12.1. The van der Waals surface area contributed by atoms with Crippen molar-refractivity contribution in [3.8, 4) is 0 Å². The third kappa shape index (κ3) is 2.76. The van der Waals surface area contributed by atoms with Crippen molar-refractivity contribution in [3.63, 3.8) is 0 Å². The molecule has 0 aliphatic rings. The van der Waals surface area contributed by atoms with E-state index >= 15 is 0 Å². The molecule has 0 atom stereocenters. The molecule has 14 heavy (non-hydrogen) atoms. The summed E-state index contributed by atoms with van der Waals surface area (Å²) in [5.74, 6) is 0.110. The molecule has 0 aliphatic carbocycles. The van der Waals surface area contributed by atoms with Gasteiger partial charge in [-0.05, 0) is 17.5 Å². The second-order valence-electron chi connectivity index (χ2n) is 3.13. The maximum atomic E-state index is 11.2. The van der Waals surface area contributed by atoms with Crippen molar-refractivity contribution in [3.05, 3.63) is 29.3 Å². The summed E-state index contributed by atoms with van der Waals surface area (Å²) in [7, 11) is 0. The predicted octanol–water partition coefficient (Wildman–Crippen LogP) is 2.89. The minimum Gasteiger partial charge on any atom is -0.298 e. The van der Waals surface area contributed by atoms with Crippen molar-refractivity contribution >= 4 is 30.0 Å². The van der Waals surface area contributed by atoms with Crippen LogP contribution in [0.25, 0.3) is 0 Å². The van der Waals surface area contributed by atoms with Gasteiger partial charge in [0, 0.05) is 11.3 Å². The van der Waals surface area contributed by atoms with Crippen LogP contribution in [0.1, 0.15) is 18.1 Å². The molecule has 0 bridgehead atoms. The van der Waals surface area contributed by atoms with Crippen molar-refractivity contribution in [2.24, 2.45) is 0 Å². The molecule has 0 radical (unpaired) electrons. The van der Waals surface area contributed by atoms with E-state index in [0.29, 0.717) is 6.42 Å². The van der Waals surface area contributed by atoms with E-state index in [9.17, 15) is 4.79 Å². The fourth-order valence-corrected chi connectivity index (χ4v) is 1.81. The molecule has 0 unspecified atom stereocenters. The number of carbonyl (C=O) groups is 1. The Morgan fingerprint density at radius 1 is 1.43 bits per heavy atom. The fourth-order valence-electron chi connectivity index (χ4n) is 1.33. The number of carbonyl (C=O) groups excluding carboxylic acids is 1. The molecule has 0 spiro atoms. The quantitative estimate of drug-likeness (QED) is 0.620. The molecule has 0 aliphatic heterocycles. The number of benzene rings is 1. The van der Waals surface area contributed by atoms with Gasteiger partial charge in [0.05, 0.1) is 5.88 Å². The van der Waals surface area contributed by atoms with Gasteiger partial charge in [0.15, 0.2) is 5.78 Å². The maximum Gasteiger partial charge on any atom is 0.151 e. The summed E-state index contributed by atoms with van der Waals surface area (Å²) >= 11 is 9.86. The minimum atomic E-state index is 0.0372. The Morgan fingerprint density at radius 2 is 2.07 bits per heavy atom. The summed E-state index contributed by atoms with van der Waals surface area (Å²) < 4.78 is 0. The SMILES string of the molecule is CCc1cccc(CC(=O)CCl)c1S. The first-order valence-corrected chi connectivity index (χ1v) is 5.54. The molecule has 0 N–H and O–H groups in total. The number of ketones is 1. The Labute approximate surface area is 94.9 Å².